The van der Waals surface area contributed by atoms with Gasteiger partial charge in [-0.2, -0.15) is 0 Å². The Morgan fingerprint density at radius 3 is 2.35 bits per heavy atom. The quantitative estimate of drug-likeness (QED) is 0.817. The van der Waals surface area contributed by atoms with Gasteiger partial charge in [-0.25, -0.2) is 4.98 Å². The van der Waals surface area contributed by atoms with E-state index in [1.165, 1.54) is 25.7 Å². The Kier molecular flexibility index (Phi) is 3.02. The highest BCUT2D eigenvalue weighted by Gasteiger charge is 2.30. The van der Waals surface area contributed by atoms with Crippen molar-refractivity contribution < 1.29 is 5.11 Å². The van der Waals surface area contributed by atoms with E-state index in [4.69, 9.17) is 0 Å². The summed E-state index contributed by atoms with van der Waals surface area (Å²) in [4.78, 5) is 6.88. The summed E-state index contributed by atoms with van der Waals surface area (Å²) >= 11 is 0. The lowest BCUT2D eigenvalue weighted by Crippen LogP contribution is -2.29. The zero-order valence-corrected chi connectivity index (χ0v) is 10.2. The van der Waals surface area contributed by atoms with Gasteiger partial charge in [-0.15, -0.1) is 0 Å². The summed E-state index contributed by atoms with van der Waals surface area (Å²) in [7, 11) is 0. The largest absolute Gasteiger partial charge is 0.392 e. The molecule has 1 aromatic heterocycles. The fraction of sp³-hybridized carbons (Fsp3) is 0.643. The maximum atomic E-state index is 9.40. The number of hydrogen-bond acceptors (Lipinski definition) is 3. The number of nitrogens with zero attached hydrogens (tertiary/aromatic N) is 2. The molecule has 2 aliphatic carbocycles. The molecule has 2 saturated carbocycles. The molecular weight excluding hydrogens is 212 g/mol. The topological polar surface area (TPSA) is 36.4 Å². The average molecular weight is 232 g/mol. The highest BCUT2D eigenvalue weighted by molar-refractivity contribution is 5.46. The van der Waals surface area contributed by atoms with Crippen molar-refractivity contribution in [3.05, 3.63) is 23.9 Å². The molecule has 3 rings (SSSR count). The lowest BCUT2D eigenvalue weighted by atomic mass is 10.2. The van der Waals surface area contributed by atoms with Gasteiger partial charge >= 0.3 is 0 Å². The number of anilines is 1. The lowest BCUT2D eigenvalue weighted by Gasteiger charge is -2.25. The first-order chi connectivity index (χ1) is 8.36. The van der Waals surface area contributed by atoms with Crippen LogP contribution in [0.25, 0.3) is 0 Å². The van der Waals surface area contributed by atoms with Gasteiger partial charge in [0.25, 0.3) is 0 Å². The molecule has 1 heterocycles. The van der Waals surface area contributed by atoms with Crippen molar-refractivity contribution in [3.63, 3.8) is 0 Å². The van der Waals surface area contributed by atoms with Crippen molar-refractivity contribution in [2.24, 2.45) is 11.8 Å². The predicted octanol–water partition coefficient (Wildman–Crippen LogP) is 2.20. The van der Waals surface area contributed by atoms with Crippen molar-refractivity contribution in [1.82, 2.24) is 4.98 Å². The van der Waals surface area contributed by atoms with Gasteiger partial charge in [0.2, 0.25) is 0 Å². The second-order valence-corrected chi connectivity index (χ2v) is 5.44. The normalized spacial score (nSPS) is 19.4. The Bertz CT molecular complexity index is 372. The smallest absolute Gasteiger partial charge is 0.134 e. The monoisotopic (exact) mass is 232 g/mol. The SMILES string of the molecule is OCc1cccnc1N(CC1CC1)CC1CC1. The fourth-order valence-electron chi connectivity index (χ4n) is 2.31. The van der Waals surface area contributed by atoms with Gasteiger partial charge < -0.3 is 10.0 Å². The Morgan fingerprint density at radius 2 is 1.82 bits per heavy atom. The zero-order chi connectivity index (χ0) is 11.7. The number of hydrogen-bond donors (Lipinski definition) is 1. The minimum Gasteiger partial charge on any atom is -0.392 e. The molecule has 17 heavy (non-hydrogen) atoms. The molecular formula is C14H20N2O. The average Bonchev–Trinajstić information content (AvgIpc) is 3.23. The van der Waals surface area contributed by atoms with Crippen molar-refractivity contribution in [2.75, 3.05) is 18.0 Å². The van der Waals surface area contributed by atoms with Gasteiger partial charge in [0.1, 0.15) is 5.82 Å². The molecule has 0 bridgehead atoms. The maximum absolute atomic E-state index is 9.40. The van der Waals surface area contributed by atoms with Crippen LogP contribution in [0.1, 0.15) is 31.2 Å². The molecule has 0 aliphatic heterocycles. The van der Waals surface area contributed by atoms with Crippen LogP contribution in [0.15, 0.2) is 18.3 Å². The predicted molar refractivity (Wildman–Crippen MR) is 67.8 cm³/mol. The van der Waals surface area contributed by atoms with Gasteiger partial charge in [0.05, 0.1) is 6.61 Å². The van der Waals surface area contributed by atoms with Crippen LogP contribution in [0.3, 0.4) is 0 Å². The van der Waals surface area contributed by atoms with Crippen molar-refractivity contribution in [3.8, 4) is 0 Å². The second kappa shape index (κ2) is 4.65. The molecule has 0 radical (unpaired) electrons. The van der Waals surface area contributed by atoms with E-state index in [1.54, 1.807) is 0 Å². The second-order valence-electron chi connectivity index (χ2n) is 5.44. The third kappa shape index (κ3) is 2.78. The molecule has 0 spiro atoms. The van der Waals surface area contributed by atoms with E-state index in [2.05, 4.69) is 9.88 Å². The Hall–Kier alpha value is -1.09. The van der Waals surface area contributed by atoms with Gasteiger partial charge in [-0.3, -0.25) is 0 Å². The van der Waals surface area contributed by atoms with Gasteiger partial charge in [0, 0.05) is 24.8 Å². The number of aliphatic hydroxyl groups excluding tert-OH is 1. The van der Waals surface area contributed by atoms with Crippen LogP contribution in [0.2, 0.25) is 0 Å². The Labute approximate surface area is 102 Å². The number of aromatic nitrogens is 1. The van der Waals surface area contributed by atoms with E-state index >= 15 is 0 Å². The molecule has 2 aliphatic rings. The molecule has 0 aromatic carbocycles. The molecule has 3 heteroatoms. The molecule has 2 fully saturated rings. The number of aliphatic hydroxyl groups is 1. The van der Waals surface area contributed by atoms with Gasteiger partial charge in [-0.1, -0.05) is 6.07 Å². The number of rotatable bonds is 6. The summed E-state index contributed by atoms with van der Waals surface area (Å²) in [6.45, 7) is 2.34. The summed E-state index contributed by atoms with van der Waals surface area (Å²) in [6, 6.07) is 3.89. The molecule has 3 nitrogen and oxygen atoms in total. The molecule has 1 aromatic rings. The van der Waals surface area contributed by atoms with Crippen LogP contribution in [-0.4, -0.2) is 23.2 Å². The summed E-state index contributed by atoms with van der Waals surface area (Å²) in [5.74, 6) is 2.73. The summed E-state index contributed by atoms with van der Waals surface area (Å²) < 4.78 is 0. The molecule has 0 atom stereocenters. The Balaban J connectivity index is 1.78. The summed E-state index contributed by atoms with van der Waals surface area (Å²) in [6.07, 6.45) is 7.29. The Morgan fingerprint density at radius 1 is 1.18 bits per heavy atom. The first kappa shape index (κ1) is 11.0. The third-order valence-corrected chi connectivity index (χ3v) is 3.69. The first-order valence-corrected chi connectivity index (χ1v) is 6.66. The third-order valence-electron chi connectivity index (χ3n) is 3.69. The van der Waals surface area contributed by atoms with Crippen LogP contribution in [0.5, 0.6) is 0 Å². The lowest BCUT2D eigenvalue weighted by molar-refractivity contribution is 0.281. The first-order valence-electron chi connectivity index (χ1n) is 6.66. The van der Waals surface area contributed by atoms with E-state index < -0.39 is 0 Å². The molecule has 92 valence electrons. The summed E-state index contributed by atoms with van der Waals surface area (Å²) in [5, 5.41) is 9.40. The standard InChI is InChI=1S/C14H20N2O/c17-10-13-2-1-7-15-14(13)16(8-11-3-4-11)9-12-5-6-12/h1-2,7,11-12,17H,3-6,8-10H2. The molecule has 0 unspecified atom stereocenters. The van der Waals surface area contributed by atoms with Crippen molar-refractivity contribution in [1.29, 1.82) is 0 Å². The maximum Gasteiger partial charge on any atom is 0.134 e. The van der Waals surface area contributed by atoms with E-state index in [1.807, 2.05) is 18.3 Å². The van der Waals surface area contributed by atoms with E-state index in [-0.39, 0.29) is 6.61 Å². The molecule has 0 amide bonds. The van der Waals surface area contributed by atoms with E-state index in [0.717, 1.165) is 36.3 Å². The van der Waals surface area contributed by atoms with Crippen LogP contribution in [-0.2, 0) is 6.61 Å². The number of pyridine rings is 1. The van der Waals surface area contributed by atoms with Crippen LogP contribution < -0.4 is 4.90 Å². The van der Waals surface area contributed by atoms with Crippen molar-refractivity contribution in [2.45, 2.75) is 32.3 Å². The van der Waals surface area contributed by atoms with Crippen molar-refractivity contribution >= 4 is 5.82 Å². The zero-order valence-electron chi connectivity index (χ0n) is 10.2. The van der Waals surface area contributed by atoms with E-state index in [0.29, 0.717) is 0 Å². The van der Waals surface area contributed by atoms with Gasteiger partial charge in [-0.05, 0) is 43.6 Å². The fourth-order valence-corrected chi connectivity index (χ4v) is 2.31. The van der Waals surface area contributed by atoms with Gasteiger partial charge in [0.15, 0.2) is 0 Å². The molecule has 1 N–H and O–H groups in total. The molecule has 0 saturated heterocycles. The highest BCUT2D eigenvalue weighted by atomic mass is 16.3. The highest BCUT2D eigenvalue weighted by Crippen LogP contribution is 2.35. The van der Waals surface area contributed by atoms with Crippen LogP contribution >= 0.6 is 0 Å². The van der Waals surface area contributed by atoms with E-state index in [9.17, 15) is 5.11 Å². The summed E-state index contributed by atoms with van der Waals surface area (Å²) in [5.41, 5.74) is 0.966. The minimum atomic E-state index is 0.0923. The van der Waals surface area contributed by atoms with Crippen LogP contribution in [0.4, 0.5) is 5.82 Å². The van der Waals surface area contributed by atoms with Crippen LogP contribution in [0, 0.1) is 11.8 Å². The minimum absolute atomic E-state index is 0.0923.